The number of methoxy groups -OCH3 is 1. The molecule has 94 valence electrons. The van der Waals surface area contributed by atoms with Gasteiger partial charge in [0.05, 0.1) is 7.11 Å². The molecule has 0 amide bonds. The summed E-state index contributed by atoms with van der Waals surface area (Å²) in [5.41, 5.74) is 8.53. The maximum Gasteiger partial charge on any atom is 0.242 e. The van der Waals surface area contributed by atoms with E-state index in [1.807, 2.05) is 18.2 Å². The summed E-state index contributed by atoms with van der Waals surface area (Å²) in [4.78, 5) is 8.07. The molecule has 2 aromatic rings. The first kappa shape index (κ1) is 12.2. The van der Waals surface area contributed by atoms with E-state index in [2.05, 4.69) is 28.3 Å². The van der Waals surface area contributed by atoms with Crippen molar-refractivity contribution in [1.82, 2.24) is 9.97 Å². The number of anilines is 3. The molecule has 2 rings (SSSR count). The summed E-state index contributed by atoms with van der Waals surface area (Å²) in [5, 5.41) is 3.21. The van der Waals surface area contributed by atoms with Crippen LogP contribution in [0.2, 0.25) is 0 Å². The van der Waals surface area contributed by atoms with Gasteiger partial charge in [-0.15, -0.1) is 0 Å². The molecule has 1 aromatic carbocycles. The minimum absolute atomic E-state index is 0.376. The highest BCUT2D eigenvalue weighted by atomic mass is 16.5. The second kappa shape index (κ2) is 5.35. The van der Waals surface area contributed by atoms with E-state index in [9.17, 15) is 0 Å². The van der Waals surface area contributed by atoms with Gasteiger partial charge in [0.25, 0.3) is 0 Å². The Balaban J connectivity index is 2.34. The average molecular weight is 244 g/mol. The molecular formula is C13H16N4O. The van der Waals surface area contributed by atoms with Crippen molar-refractivity contribution in [2.24, 2.45) is 0 Å². The minimum Gasteiger partial charge on any atom is -0.479 e. The number of aromatic nitrogens is 2. The molecule has 5 heteroatoms. The lowest BCUT2D eigenvalue weighted by Crippen LogP contribution is -2.04. The van der Waals surface area contributed by atoms with Gasteiger partial charge in [0, 0.05) is 5.69 Å². The molecule has 0 spiro atoms. The summed E-state index contributed by atoms with van der Waals surface area (Å²) >= 11 is 0. The lowest BCUT2D eigenvalue weighted by Gasteiger charge is -2.12. The highest BCUT2D eigenvalue weighted by Gasteiger charge is 2.09. The molecule has 0 atom stereocenters. The maximum atomic E-state index is 5.92. The Morgan fingerprint density at radius 2 is 2.06 bits per heavy atom. The summed E-state index contributed by atoms with van der Waals surface area (Å²) < 4.78 is 5.06. The molecule has 0 saturated heterocycles. The van der Waals surface area contributed by atoms with Crippen molar-refractivity contribution in [1.29, 1.82) is 0 Å². The highest BCUT2D eigenvalue weighted by Crippen LogP contribution is 2.28. The number of hydrogen-bond donors (Lipinski definition) is 2. The molecule has 5 nitrogen and oxygen atoms in total. The first-order valence-electron chi connectivity index (χ1n) is 5.75. The highest BCUT2D eigenvalue weighted by molar-refractivity contribution is 5.73. The standard InChI is InChI=1S/C13H16N4O/c1-3-9-6-4-5-7-10(9)17-12-11(14)13(18-2)16-8-15-12/h4-8H,3,14H2,1-2H3,(H,15,16,17). The summed E-state index contributed by atoms with van der Waals surface area (Å²) in [7, 11) is 1.53. The third-order valence-electron chi connectivity index (χ3n) is 2.69. The van der Waals surface area contributed by atoms with E-state index in [1.54, 1.807) is 0 Å². The lowest BCUT2D eigenvalue weighted by molar-refractivity contribution is 0.399. The molecule has 0 bridgehead atoms. The number of hydrogen-bond acceptors (Lipinski definition) is 5. The van der Waals surface area contributed by atoms with Gasteiger partial charge in [-0.1, -0.05) is 25.1 Å². The van der Waals surface area contributed by atoms with Gasteiger partial charge in [-0.3, -0.25) is 0 Å². The Kier molecular flexibility index (Phi) is 3.62. The van der Waals surface area contributed by atoms with Crippen LogP contribution in [0.3, 0.4) is 0 Å². The van der Waals surface area contributed by atoms with E-state index in [0.29, 0.717) is 17.4 Å². The maximum absolute atomic E-state index is 5.92. The number of ether oxygens (including phenoxy) is 1. The zero-order chi connectivity index (χ0) is 13.0. The SMILES string of the molecule is CCc1ccccc1Nc1ncnc(OC)c1N. The smallest absolute Gasteiger partial charge is 0.242 e. The quantitative estimate of drug-likeness (QED) is 0.863. The molecule has 3 N–H and O–H groups in total. The van der Waals surface area contributed by atoms with Gasteiger partial charge in [0.2, 0.25) is 5.88 Å². The molecule has 1 heterocycles. The van der Waals surface area contributed by atoms with Gasteiger partial charge in [-0.05, 0) is 18.1 Å². The average Bonchev–Trinajstić information content (AvgIpc) is 2.42. The number of aryl methyl sites for hydroxylation is 1. The monoisotopic (exact) mass is 244 g/mol. The van der Waals surface area contributed by atoms with Crippen LogP contribution in [0, 0.1) is 0 Å². The zero-order valence-electron chi connectivity index (χ0n) is 10.5. The number of rotatable bonds is 4. The first-order valence-corrected chi connectivity index (χ1v) is 5.75. The van der Waals surface area contributed by atoms with Crippen molar-refractivity contribution in [3.05, 3.63) is 36.2 Å². The topological polar surface area (TPSA) is 73.1 Å². The summed E-state index contributed by atoms with van der Waals surface area (Å²) in [5.74, 6) is 0.934. The van der Waals surface area contributed by atoms with Crippen molar-refractivity contribution in [2.45, 2.75) is 13.3 Å². The van der Waals surface area contributed by atoms with Crippen LogP contribution in [0.25, 0.3) is 0 Å². The Hall–Kier alpha value is -2.30. The largest absolute Gasteiger partial charge is 0.479 e. The Labute approximate surface area is 106 Å². The van der Waals surface area contributed by atoms with Crippen molar-refractivity contribution in [2.75, 3.05) is 18.2 Å². The predicted octanol–water partition coefficient (Wildman–Crippen LogP) is 2.37. The first-order chi connectivity index (χ1) is 8.76. The third-order valence-corrected chi connectivity index (χ3v) is 2.69. The fourth-order valence-electron chi connectivity index (χ4n) is 1.72. The van der Waals surface area contributed by atoms with Gasteiger partial charge in [0.15, 0.2) is 5.82 Å². The van der Waals surface area contributed by atoms with E-state index in [0.717, 1.165) is 12.1 Å². The van der Waals surface area contributed by atoms with Gasteiger partial charge >= 0.3 is 0 Å². The Morgan fingerprint density at radius 1 is 1.28 bits per heavy atom. The van der Waals surface area contributed by atoms with Crippen LogP contribution in [-0.4, -0.2) is 17.1 Å². The second-order valence-corrected chi connectivity index (χ2v) is 3.78. The fraction of sp³-hybridized carbons (Fsp3) is 0.231. The number of benzene rings is 1. The Morgan fingerprint density at radius 3 is 2.78 bits per heavy atom. The molecule has 0 radical (unpaired) electrons. The Bertz CT molecular complexity index is 542. The van der Waals surface area contributed by atoms with E-state index in [4.69, 9.17) is 10.5 Å². The van der Waals surface area contributed by atoms with E-state index < -0.39 is 0 Å². The van der Waals surface area contributed by atoms with Gasteiger partial charge in [-0.25, -0.2) is 4.98 Å². The third kappa shape index (κ3) is 2.34. The van der Waals surface area contributed by atoms with E-state index >= 15 is 0 Å². The van der Waals surface area contributed by atoms with Crippen LogP contribution in [0.4, 0.5) is 17.2 Å². The molecule has 0 aliphatic rings. The van der Waals surface area contributed by atoms with Gasteiger partial charge < -0.3 is 15.8 Å². The van der Waals surface area contributed by atoms with Crippen LogP contribution in [0.1, 0.15) is 12.5 Å². The summed E-state index contributed by atoms with van der Waals surface area (Å²) in [6, 6.07) is 8.04. The summed E-state index contributed by atoms with van der Waals surface area (Å²) in [6.07, 6.45) is 2.36. The van der Waals surface area contributed by atoms with E-state index in [1.165, 1.54) is 19.0 Å². The van der Waals surface area contributed by atoms with Crippen molar-refractivity contribution < 1.29 is 4.74 Å². The molecule has 0 aliphatic carbocycles. The van der Waals surface area contributed by atoms with Gasteiger partial charge in [0.1, 0.15) is 12.0 Å². The number of nitrogen functional groups attached to an aromatic ring is 1. The molecule has 0 aliphatic heterocycles. The number of nitrogens with one attached hydrogen (secondary N) is 1. The summed E-state index contributed by atoms with van der Waals surface area (Å²) in [6.45, 7) is 2.10. The molecule has 0 saturated carbocycles. The van der Waals surface area contributed by atoms with Crippen LogP contribution in [-0.2, 0) is 6.42 Å². The van der Waals surface area contributed by atoms with Crippen LogP contribution in [0.15, 0.2) is 30.6 Å². The van der Waals surface area contributed by atoms with Crippen molar-refractivity contribution >= 4 is 17.2 Å². The van der Waals surface area contributed by atoms with Crippen LogP contribution in [0.5, 0.6) is 5.88 Å². The fourth-order valence-corrected chi connectivity index (χ4v) is 1.72. The van der Waals surface area contributed by atoms with Gasteiger partial charge in [-0.2, -0.15) is 4.98 Å². The second-order valence-electron chi connectivity index (χ2n) is 3.78. The number of nitrogens with two attached hydrogens (primary N) is 1. The molecule has 0 fully saturated rings. The minimum atomic E-state index is 0.376. The predicted molar refractivity (Wildman–Crippen MR) is 72.1 cm³/mol. The normalized spacial score (nSPS) is 10.1. The zero-order valence-corrected chi connectivity index (χ0v) is 10.5. The molecule has 1 aromatic heterocycles. The van der Waals surface area contributed by atoms with Crippen LogP contribution >= 0.6 is 0 Å². The molecule has 0 unspecified atom stereocenters. The van der Waals surface area contributed by atoms with E-state index in [-0.39, 0.29) is 0 Å². The lowest BCUT2D eigenvalue weighted by atomic mass is 10.1. The van der Waals surface area contributed by atoms with Crippen molar-refractivity contribution in [3.8, 4) is 5.88 Å². The molecule has 18 heavy (non-hydrogen) atoms. The number of para-hydroxylation sites is 1. The van der Waals surface area contributed by atoms with Crippen molar-refractivity contribution in [3.63, 3.8) is 0 Å². The number of nitrogens with zero attached hydrogens (tertiary/aromatic N) is 2. The molecular weight excluding hydrogens is 228 g/mol. The van der Waals surface area contributed by atoms with Crippen LogP contribution < -0.4 is 15.8 Å².